The fourth-order valence-electron chi connectivity index (χ4n) is 4.06. The molecule has 0 aliphatic carbocycles. The number of hydrogen-bond acceptors (Lipinski definition) is 3. The van der Waals surface area contributed by atoms with Gasteiger partial charge in [0, 0.05) is 31.9 Å². The van der Waals surface area contributed by atoms with Crippen LogP contribution < -0.4 is 9.47 Å². The van der Waals surface area contributed by atoms with Crippen molar-refractivity contribution < 1.29 is 9.36 Å². The molecule has 31 heavy (non-hydrogen) atoms. The molecular weight excluding hydrogens is 404 g/mol. The van der Waals surface area contributed by atoms with Gasteiger partial charge in [-0.1, -0.05) is 48.5 Å². The molecule has 2 heterocycles. The zero-order chi connectivity index (χ0) is 21.0. The Hall–Kier alpha value is -3.25. The Morgan fingerprint density at radius 2 is 1.48 bits per heavy atom. The van der Waals surface area contributed by atoms with Crippen LogP contribution in [0, 0.1) is 0 Å². The fraction of sp³-hybridized carbons (Fsp3) is 0.200. The van der Waals surface area contributed by atoms with Crippen molar-refractivity contribution in [3.63, 3.8) is 0 Å². The lowest BCUT2D eigenvalue weighted by Gasteiger charge is -2.36. The van der Waals surface area contributed by atoms with E-state index in [2.05, 4.69) is 63.0 Å². The highest BCUT2D eigenvalue weighted by molar-refractivity contribution is 7.99. The summed E-state index contributed by atoms with van der Waals surface area (Å²) >= 11 is 1.57. The summed E-state index contributed by atoms with van der Waals surface area (Å²) in [7, 11) is 0. The Balaban J connectivity index is 1.28. The van der Waals surface area contributed by atoms with Crippen LogP contribution in [-0.2, 0) is 4.79 Å². The van der Waals surface area contributed by atoms with Crippen LogP contribution in [0.5, 0.6) is 0 Å². The monoisotopic (exact) mass is 429 g/mol. The fourth-order valence-corrected chi connectivity index (χ4v) is 5.02. The van der Waals surface area contributed by atoms with Crippen LogP contribution in [0.4, 0.5) is 5.69 Å². The molecule has 156 valence electrons. The molecule has 1 amide bonds. The molecule has 0 spiro atoms. The maximum absolute atomic E-state index is 12.9. The highest BCUT2D eigenvalue weighted by Crippen LogP contribution is 2.21. The Labute approximate surface area is 186 Å². The van der Waals surface area contributed by atoms with Crippen LogP contribution in [0.2, 0.25) is 0 Å². The molecule has 5 nitrogen and oxygen atoms in total. The normalized spacial score (nSPS) is 14.2. The molecule has 0 radical (unpaired) electrons. The molecule has 1 aromatic heterocycles. The quantitative estimate of drug-likeness (QED) is 0.387. The van der Waals surface area contributed by atoms with E-state index in [0.717, 1.165) is 48.1 Å². The summed E-state index contributed by atoms with van der Waals surface area (Å²) in [5.41, 5.74) is 4.50. The number of nitrogens with zero attached hydrogens (tertiary/aromatic N) is 3. The SMILES string of the molecule is O=C(CSc1[nH]c2ccccc2[n+]1-c1ccccc1)N1CCN(c2ccccc2)CC1. The van der Waals surface area contributed by atoms with Gasteiger partial charge in [0.25, 0.3) is 0 Å². The third kappa shape index (κ3) is 4.16. The Morgan fingerprint density at radius 1 is 0.839 bits per heavy atom. The van der Waals surface area contributed by atoms with Crippen molar-refractivity contribution in [2.24, 2.45) is 0 Å². The number of para-hydroxylation sites is 4. The summed E-state index contributed by atoms with van der Waals surface area (Å²) in [5, 5.41) is 0.976. The van der Waals surface area contributed by atoms with E-state index in [-0.39, 0.29) is 5.91 Å². The lowest BCUT2D eigenvalue weighted by molar-refractivity contribution is -0.609. The minimum absolute atomic E-state index is 0.191. The second-order valence-electron chi connectivity index (χ2n) is 7.61. The first-order valence-corrected chi connectivity index (χ1v) is 11.6. The topological polar surface area (TPSA) is 43.2 Å². The molecule has 1 N–H and O–H groups in total. The molecule has 1 fully saturated rings. The minimum atomic E-state index is 0.191. The number of hydrogen-bond donors (Lipinski definition) is 1. The van der Waals surface area contributed by atoms with Crippen LogP contribution in [0.3, 0.4) is 0 Å². The number of carbonyl (C=O) groups excluding carboxylic acids is 1. The van der Waals surface area contributed by atoms with Crippen molar-refractivity contribution >= 4 is 34.4 Å². The molecular formula is C25H25N4OS+. The smallest absolute Gasteiger partial charge is 0.322 e. The summed E-state index contributed by atoms with van der Waals surface area (Å²) in [6.45, 7) is 3.27. The summed E-state index contributed by atoms with van der Waals surface area (Å²) < 4.78 is 2.20. The van der Waals surface area contributed by atoms with Gasteiger partial charge in [0.15, 0.2) is 11.0 Å². The summed E-state index contributed by atoms with van der Waals surface area (Å²) in [6.07, 6.45) is 0. The number of carbonyl (C=O) groups is 1. The van der Waals surface area contributed by atoms with Crippen molar-refractivity contribution in [2.75, 3.05) is 36.8 Å². The number of nitrogens with one attached hydrogen (secondary N) is 1. The van der Waals surface area contributed by atoms with Crippen molar-refractivity contribution in [1.29, 1.82) is 0 Å². The molecule has 1 aliphatic heterocycles. The van der Waals surface area contributed by atoms with E-state index in [1.165, 1.54) is 5.69 Å². The van der Waals surface area contributed by atoms with Gasteiger partial charge in [-0.15, -0.1) is 0 Å². The number of thioether (sulfide) groups is 1. The van der Waals surface area contributed by atoms with Gasteiger partial charge in [-0.2, -0.15) is 4.57 Å². The summed E-state index contributed by atoms with van der Waals surface area (Å²) in [5.74, 6) is 0.612. The second kappa shape index (κ2) is 8.86. The predicted octanol–water partition coefficient (Wildman–Crippen LogP) is 3.89. The lowest BCUT2D eigenvalue weighted by Crippen LogP contribution is -2.49. The average Bonchev–Trinajstić information content (AvgIpc) is 3.22. The Bertz CT molecular complexity index is 1170. The molecule has 6 heteroatoms. The molecule has 4 aromatic rings. The number of anilines is 1. The van der Waals surface area contributed by atoms with Gasteiger partial charge >= 0.3 is 5.16 Å². The first-order valence-electron chi connectivity index (χ1n) is 10.6. The zero-order valence-electron chi connectivity index (χ0n) is 17.3. The standard InChI is InChI=1S/C25H24N4OS/c30-24(28-17-15-27(16-18-28)20-9-3-1-4-10-20)19-31-25-26-22-13-7-8-14-23(22)29(25)21-11-5-2-6-12-21/h1-14H,15-19H2/p+1. The second-order valence-corrected chi connectivity index (χ2v) is 8.57. The van der Waals surface area contributed by atoms with Gasteiger partial charge < -0.3 is 9.80 Å². The van der Waals surface area contributed by atoms with Crippen LogP contribution in [0.15, 0.2) is 90.1 Å². The number of rotatable bonds is 5. The number of imidazole rings is 1. The highest BCUT2D eigenvalue weighted by atomic mass is 32.2. The summed E-state index contributed by atoms with van der Waals surface area (Å²) in [6, 6.07) is 28.9. The first-order chi connectivity index (χ1) is 15.3. The van der Waals surface area contributed by atoms with Gasteiger partial charge in [0.2, 0.25) is 5.91 Å². The average molecular weight is 430 g/mol. The molecule has 0 bridgehead atoms. The highest BCUT2D eigenvalue weighted by Gasteiger charge is 2.25. The zero-order valence-corrected chi connectivity index (χ0v) is 18.1. The Morgan fingerprint density at radius 3 is 2.23 bits per heavy atom. The molecule has 3 aromatic carbocycles. The van der Waals surface area contributed by atoms with Crippen molar-refractivity contribution in [1.82, 2.24) is 9.88 Å². The van der Waals surface area contributed by atoms with Crippen LogP contribution in [-0.4, -0.2) is 47.7 Å². The number of amides is 1. The van der Waals surface area contributed by atoms with Crippen LogP contribution >= 0.6 is 11.8 Å². The van der Waals surface area contributed by atoms with E-state index in [4.69, 9.17) is 0 Å². The van der Waals surface area contributed by atoms with E-state index in [1.807, 2.05) is 41.3 Å². The molecule has 1 aliphatic rings. The van der Waals surface area contributed by atoms with E-state index < -0.39 is 0 Å². The van der Waals surface area contributed by atoms with Gasteiger partial charge in [0.1, 0.15) is 5.69 Å². The van der Waals surface area contributed by atoms with E-state index in [9.17, 15) is 4.79 Å². The number of H-pyrrole nitrogens is 1. The Kier molecular flexibility index (Phi) is 5.63. The first kappa shape index (κ1) is 19.7. The van der Waals surface area contributed by atoms with Gasteiger partial charge in [-0.05, 0) is 48.2 Å². The van der Waals surface area contributed by atoms with Crippen molar-refractivity contribution in [3.05, 3.63) is 84.9 Å². The molecule has 1 saturated heterocycles. The number of benzene rings is 3. The third-order valence-electron chi connectivity index (χ3n) is 5.69. The number of aromatic amines is 1. The van der Waals surface area contributed by atoms with Crippen molar-refractivity contribution in [2.45, 2.75) is 5.16 Å². The van der Waals surface area contributed by atoms with E-state index in [0.29, 0.717) is 5.75 Å². The number of piperazine rings is 1. The summed E-state index contributed by atoms with van der Waals surface area (Å²) in [4.78, 5) is 20.8. The van der Waals surface area contributed by atoms with Gasteiger partial charge in [0.05, 0.1) is 5.75 Å². The molecule has 0 saturated carbocycles. The molecule has 5 rings (SSSR count). The van der Waals surface area contributed by atoms with Crippen LogP contribution in [0.25, 0.3) is 16.7 Å². The van der Waals surface area contributed by atoms with Crippen LogP contribution in [0.1, 0.15) is 0 Å². The molecule has 0 atom stereocenters. The van der Waals surface area contributed by atoms with Gasteiger partial charge in [-0.25, -0.2) is 4.98 Å². The number of aromatic nitrogens is 2. The van der Waals surface area contributed by atoms with Gasteiger partial charge in [-0.3, -0.25) is 4.79 Å². The lowest BCUT2D eigenvalue weighted by atomic mass is 10.2. The maximum Gasteiger partial charge on any atom is 0.322 e. The van der Waals surface area contributed by atoms with Crippen molar-refractivity contribution in [3.8, 4) is 5.69 Å². The maximum atomic E-state index is 12.9. The number of fused-ring (bicyclic) bond motifs is 1. The predicted molar refractivity (Wildman–Crippen MR) is 126 cm³/mol. The largest absolute Gasteiger partial charge is 0.368 e. The van der Waals surface area contributed by atoms with E-state index in [1.54, 1.807) is 11.8 Å². The third-order valence-corrected chi connectivity index (χ3v) is 6.64. The van der Waals surface area contributed by atoms with E-state index >= 15 is 0 Å². The minimum Gasteiger partial charge on any atom is -0.368 e. The molecule has 0 unspecified atom stereocenters.